The van der Waals surface area contributed by atoms with Gasteiger partial charge in [0.05, 0.1) is 22.7 Å². The Morgan fingerprint density at radius 1 is 1.06 bits per heavy atom. The molecule has 0 radical (unpaired) electrons. The number of hydrogen-bond acceptors (Lipinski definition) is 8. The Morgan fingerprint density at radius 2 is 1.79 bits per heavy atom. The van der Waals surface area contributed by atoms with E-state index in [1.165, 1.54) is 46.5 Å². The number of piperazine rings is 1. The van der Waals surface area contributed by atoms with Gasteiger partial charge in [0, 0.05) is 55.3 Å². The van der Waals surface area contributed by atoms with Crippen LogP contribution < -0.4 is 14.4 Å². The first-order valence-electron chi connectivity index (χ1n) is 15.1. The molecule has 0 aliphatic carbocycles. The van der Waals surface area contributed by atoms with Crippen molar-refractivity contribution in [1.29, 1.82) is 0 Å². The zero-order valence-corrected chi connectivity index (χ0v) is 29.6. The topological polar surface area (TPSA) is 75.1 Å². The largest absolute Gasteiger partial charge is 0.493 e. The van der Waals surface area contributed by atoms with Crippen molar-refractivity contribution >= 4 is 59.6 Å². The summed E-state index contributed by atoms with van der Waals surface area (Å²) in [7, 11) is 0. The highest BCUT2D eigenvalue weighted by Gasteiger charge is 2.30. The molecule has 0 amide bonds. The molecule has 1 saturated heterocycles. The standard InChI is InChI=1S/C34H34F3N3O4S2.2ClH/c1-21-17-27(8-10-30(21)45-22(2)33(41)42)44-20-31-28(38-32(46-31)23-3-5-25(6-4-23)34(35,36)37)19-39-12-14-40(15-13-39)26-7-9-29-24(18-26)11-16-43-29;;/h3-10,17-18,22H,11-16,19-20H2,1-2H3,(H,41,42);2*1H. The van der Waals surface area contributed by atoms with Crippen molar-refractivity contribution in [3.8, 4) is 22.1 Å². The minimum absolute atomic E-state index is 0. The van der Waals surface area contributed by atoms with Crippen molar-refractivity contribution in [3.63, 3.8) is 0 Å². The maximum atomic E-state index is 13.2. The van der Waals surface area contributed by atoms with Gasteiger partial charge >= 0.3 is 12.1 Å². The lowest BCUT2D eigenvalue weighted by Crippen LogP contribution is -2.46. The molecule has 1 N–H and O–H groups in total. The number of halogens is 5. The van der Waals surface area contributed by atoms with E-state index in [1.807, 2.05) is 25.1 Å². The SMILES string of the molecule is Cc1cc(OCc2sc(-c3ccc(C(F)(F)F)cc3)nc2CN2CCN(c3ccc4c(c3)CCO4)CC2)ccc1SC(C)C(=O)O.Cl.Cl. The van der Waals surface area contributed by atoms with E-state index in [0.717, 1.165) is 78.1 Å². The van der Waals surface area contributed by atoms with Crippen molar-refractivity contribution in [2.75, 3.05) is 37.7 Å². The van der Waals surface area contributed by atoms with Crippen LogP contribution in [0.25, 0.3) is 10.6 Å². The number of aromatic nitrogens is 1. The molecule has 2 aliphatic heterocycles. The molecule has 1 unspecified atom stereocenters. The van der Waals surface area contributed by atoms with Crippen LogP contribution in [0.2, 0.25) is 0 Å². The number of carbonyl (C=O) groups is 1. The smallest absolute Gasteiger partial charge is 0.416 e. The number of aryl methyl sites for hydroxylation is 1. The first kappa shape index (κ1) is 37.7. The third-order valence-electron chi connectivity index (χ3n) is 8.19. The molecular weight excluding hydrogens is 706 g/mol. The highest BCUT2D eigenvalue weighted by molar-refractivity contribution is 8.00. The number of alkyl halides is 3. The van der Waals surface area contributed by atoms with E-state index in [2.05, 4.69) is 28.0 Å². The van der Waals surface area contributed by atoms with Gasteiger partial charge in [0.15, 0.2) is 0 Å². The van der Waals surface area contributed by atoms with E-state index in [4.69, 9.17) is 14.5 Å². The number of carboxylic acid groups (broad SMARTS) is 1. The van der Waals surface area contributed by atoms with Crippen LogP contribution >= 0.6 is 47.9 Å². The molecule has 48 heavy (non-hydrogen) atoms. The fraction of sp³-hybridized carbons (Fsp3) is 0.353. The van der Waals surface area contributed by atoms with E-state index in [0.29, 0.717) is 22.9 Å². The van der Waals surface area contributed by atoms with E-state index in [1.54, 1.807) is 6.92 Å². The minimum Gasteiger partial charge on any atom is -0.493 e. The van der Waals surface area contributed by atoms with Gasteiger partial charge in [0.25, 0.3) is 0 Å². The monoisotopic (exact) mass is 741 g/mol. The van der Waals surface area contributed by atoms with E-state index < -0.39 is 23.0 Å². The van der Waals surface area contributed by atoms with Crippen LogP contribution in [0.4, 0.5) is 18.9 Å². The summed E-state index contributed by atoms with van der Waals surface area (Å²) in [6.07, 6.45) is -3.47. The summed E-state index contributed by atoms with van der Waals surface area (Å²) in [6, 6.07) is 17.1. The molecule has 1 atom stereocenters. The van der Waals surface area contributed by atoms with Gasteiger partial charge in [0.1, 0.15) is 28.4 Å². The van der Waals surface area contributed by atoms with Gasteiger partial charge in [-0.15, -0.1) is 47.9 Å². The highest BCUT2D eigenvalue weighted by Crippen LogP contribution is 2.35. The molecule has 0 saturated carbocycles. The zero-order valence-electron chi connectivity index (χ0n) is 26.3. The number of hydrogen-bond donors (Lipinski definition) is 1. The number of rotatable bonds is 10. The number of ether oxygens (including phenoxy) is 2. The zero-order chi connectivity index (χ0) is 32.4. The normalized spacial score (nSPS) is 15.1. The van der Waals surface area contributed by atoms with Crippen LogP contribution in [0.15, 0.2) is 65.6 Å². The van der Waals surface area contributed by atoms with Crippen LogP contribution in [-0.4, -0.2) is 59.0 Å². The highest BCUT2D eigenvalue weighted by atomic mass is 35.5. The fourth-order valence-electron chi connectivity index (χ4n) is 5.52. The molecule has 1 aromatic heterocycles. The Bertz CT molecular complexity index is 1710. The summed E-state index contributed by atoms with van der Waals surface area (Å²) in [6.45, 7) is 8.57. The quantitative estimate of drug-likeness (QED) is 0.163. The van der Waals surface area contributed by atoms with Gasteiger partial charge < -0.3 is 19.5 Å². The Morgan fingerprint density at radius 3 is 2.46 bits per heavy atom. The lowest BCUT2D eigenvalue weighted by molar-refractivity contribution is -0.138. The number of anilines is 1. The van der Waals surface area contributed by atoms with Gasteiger partial charge in [-0.25, -0.2) is 4.98 Å². The number of thiazole rings is 1. The number of benzene rings is 3. The Labute approximate surface area is 298 Å². The van der Waals surface area contributed by atoms with Crippen LogP contribution in [0.3, 0.4) is 0 Å². The first-order valence-corrected chi connectivity index (χ1v) is 16.8. The van der Waals surface area contributed by atoms with Gasteiger partial charge in [-0.3, -0.25) is 9.69 Å². The van der Waals surface area contributed by atoms with Crippen LogP contribution in [0, 0.1) is 6.92 Å². The summed E-state index contributed by atoms with van der Waals surface area (Å²) in [5, 5.41) is 9.34. The van der Waals surface area contributed by atoms with Crippen LogP contribution in [-0.2, 0) is 30.5 Å². The maximum Gasteiger partial charge on any atom is 0.416 e. The van der Waals surface area contributed by atoms with E-state index >= 15 is 0 Å². The Kier molecular flexibility index (Phi) is 12.6. The van der Waals surface area contributed by atoms with Gasteiger partial charge in [-0.1, -0.05) is 12.1 Å². The predicted molar refractivity (Wildman–Crippen MR) is 189 cm³/mol. The molecule has 1 fully saturated rings. The van der Waals surface area contributed by atoms with Crippen molar-refractivity contribution in [2.45, 2.75) is 49.7 Å². The summed E-state index contributed by atoms with van der Waals surface area (Å²) in [5.74, 6) is 0.752. The maximum absolute atomic E-state index is 13.2. The molecule has 258 valence electrons. The van der Waals surface area contributed by atoms with Gasteiger partial charge in [-0.05, 0) is 73.5 Å². The van der Waals surface area contributed by atoms with E-state index in [9.17, 15) is 23.1 Å². The third kappa shape index (κ3) is 8.89. The molecule has 3 heterocycles. The molecule has 6 rings (SSSR count). The Balaban J connectivity index is 0.00000260. The number of thioether (sulfide) groups is 1. The molecule has 4 aromatic rings. The van der Waals surface area contributed by atoms with Crippen LogP contribution in [0.1, 0.15) is 34.2 Å². The summed E-state index contributed by atoms with van der Waals surface area (Å²) in [4.78, 5) is 22.7. The van der Waals surface area contributed by atoms with Crippen molar-refractivity contribution in [3.05, 3.63) is 87.9 Å². The van der Waals surface area contributed by atoms with Gasteiger partial charge in [-0.2, -0.15) is 13.2 Å². The molecule has 0 bridgehead atoms. The second kappa shape index (κ2) is 16.0. The number of fused-ring (bicyclic) bond motifs is 1. The number of carboxylic acids is 1. The van der Waals surface area contributed by atoms with Crippen molar-refractivity contribution < 1.29 is 32.5 Å². The fourth-order valence-corrected chi connectivity index (χ4v) is 7.39. The third-order valence-corrected chi connectivity index (χ3v) is 10.6. The summed E-state index contributed by atoms with van der Waals surface area (Å²) < 4.78 is 51.4. The molecule has 14 heteroatoms. The average Bonchev–Trinajstić information content (AvgIpc) is 3.68. The second-order valence-corrected chi connectivity index (χ2v) is 13.9. The van der Waals surface area contributed by atoms with Crippen molar-refractivity contribution in [2.24, 2.45) is 0 Å². The van der Waals surface area contributed by atoms with E-state index in [-0.39, 0.29) is 31.4 Å². The van der Waals surface area contributed by atoms with Crippen molar-refractivity contribution in [1.82, 2.24) is 9.88 Å². The lowest BCUT2D eigenvalue weighted by atomic mass is 10.1. The number of nitrogens with zero attached hydrogens (tertiary/aromatic N) is 3. The molecular formula is C34H36Cl2F3N3O4S2. The summed E-state index contributed by atoms with van der Waals surface area (Å²) in [5.41, 5.74) is 4.15. The summed E-state index contributed by atoms with van der Waals surface area (Å²) >= 11 is 2.71. The molecule has 0 spiro atoms. The molecule has 7 nitrogen and oxygen atoms in total. The lowest BCUT2D eigenvalue weighted by Gasteiger charge is -2.36. The molecule has 3 aromatic carbocycles. The minimum atomic E-state index is -4.40. The van der Waals surface area contributed by atoms with Gasteiger partial charge in [0.2, 0.25) is 0 Å². The first-order chi connectivity index (χ1) is 22.0. The number of aliphatic carboxylic acids is 1. The average molecular weight is 743 g/mol. The van der Waals surface area contributed by atoms with Crippen LogP contribution in [0.5, 0.6) is 11.5 Å². The second-order valence-electron chi connectivity index (χ2n) is 11.4. The Hall–Kier alpha value is -3.16. The predicted octanol–water partition coefficient (Wildman–Crippen LogP) is 8.38. The molecule has 2 aliphatic rings.